The van der Waals surface area contributed by atoms with Crippen molar-refractivity contribution in [3.8, 4) is 0 Å². The number of aliphatic imine (C=N–C) groups is 1. The fourth-order valence-corrected chi connectivity index (χ4v) is 4.27. The van der Waals surface area contributed by atoms with Gasteiger partial charge in [0.2, 0.25) is 5.91 Å². The van der Waals surface area contributed by atoms with Gasteiger partial charge in [-0.05, 0) is 26.7 Å². The van der Waals surface area contributed by atoms with Gasteiger partial charge in [-0.25, -0.2) is 9.79 Å². The number of hydrogen-bond donors (Lipinski definition) is 4. The molecule has 3 amide bonds. The Morgan fingerprint density at radius 3 is 2.22 bits per heavy atom. The molecule has 0 spiro atoms. The highest BCUT2D eigenvalue weighted by atomic mass is 31.2. The SMILES string of the molecule is CCC(C)(C[C@H]1O[C@@H](N=CN(C)C(=O)N(C)C(C)=O)[C@H](O)[C@@H]1O)OP(=O)(O)C(C)(O)CC. The summed E-state index contributed by atoms with van der Waals surface area (Å²) in [7, 11) is -1.78. The minimum absolute atomic E-state index is 0.0102. The molecule has 0 aliphatic carbocycles. The third-order valence-corrected chi connectivity index (χ3v) is 8.01. The van der Waals surface area contributed by atoms with E-state index in [1.807, 2.05) is 0 Å². The number of urea groups is 1. The van der Waals surface area contributed by atoms with Crippen LogP contribution in [-0.2, 0) is 18.6 Å². The van der Waals surface area contributed by atoms with Crippen LogP contribution in [0.25, 0.3) is 0 Å². The Morgan fingerprint density at radius 2 is 1.75 bits per heavy atom. The number of aliphatic hydroxyl groups excluding tert-OH is 2. The van der Waals surface area contributed by atoms with Crippen molar-refractivity contribution in [3.05, 3.63) is 0 Å². The third kappa shape index (κ3) is 6.57. The summed E-state index contributed by atoms with van der Waals surface area (Å²) in [6.07, 6.45) is -3.77. The van der Waals surface area contributed by atoms with E-state index in [9.17, 15) is 34.4 Å². The Morgan fingerprint density at radius 1 is 1.19 bits per heavy atom. The van der Waals surface area contributed by atoms with E-state index in [1.54, 1.807) is 20.8 Å². The summed E-state index contributed by atoms with van der Waals surface area (Å²) in [6, 6.07) is -0.653. The van der Waals surface area contributed by atoms with Crippen molar-refractivity contribution in [2.24, 2.45) is 4.99 Å². The Kier molecular flexibility index (Phi) is 9.56. The number of hydrogen-bond acceptors (Lipinski definition) is 9. The lowest BCUT2D eigenvalue weighted by Gasteiger charge is -2.37. The van der Waals surface area contributed by atoms with E-state index in [1.165, 1.54) is 27.9 Å². The normalized spacial score (nSPS) is 29.2. The maximum Gasteiger partial charge on any atom is 0.359 e. The number of ether oxygens (including phenoxy) is 1. The van der Waals surface area contributed by atoms with Gasteiger partial charge in [0.15, 0.2) is 11.6 Å². The molecule has 186 valence electrons. The van der Waals surface area contributed by atoms with Crippen LogP contribution in [0.3, 0.4) is 0 Å². The molecule has 1 aliphatic rings. The molecule has 32 heavy (non-hydrogen) atoms. The molecule has 1 rings (SSSR count). The number of imide groups is 1. The zero-order valence-corrected chi connectivity index (χ0v) is 20.5. The van der Waals surface area contributed by atoms with Crippen LogP contribution in [0.5, 0.6) is 0 Å². The van der Waals surface area contributed by atoms with Gasteiger partial charge in [0, 0.05) is 27.4 Å². The van der Waals surface area contributed by atoms with Crippen LogP contribution in [0.1, 0.15) is 53.9 Å². The number of aliphatic hydroxyl groups is 3. The summed E-state index contributed by atoms with van der Waals surface area (Å²) < 4.78 is 23.7. The van der Waals surface area contributed by atoms with Crippen molar-refractivity contribution in [2.45, 2.75) is 89.4 Å². The topological polar surface area (TPSA) is 169 Å². The van der Waals surface area contributed by atoms with Crippen LogP contribution in [0.4, 0.5) is 4.79 Å². The van der Waals surface area contributed by atoms with E-state index in [-0.39, 0.29) is 19.3 Å². The highest BCUT2D eigenvalue weighted by molar-refractivity contribution is 7.54. The molecule has 13 heteroatoms. The number of nitrogens with zero attached hydrogens (tertiary/aromatic N) is 3. The molecule has 1 heterocycles. The second-order valence-electron chi connectivity index (χ2n) is 8.47. The first-order valence-electron chi connectivity index (χ1n) is 10.3. The van der Waals surface area contributed by atoms with E-state index in [0.29, 0.717) is 0 Å². The van der Waals surface area contributed by atoms with Crippen LogP contribution >= 0.6 is 7.60 Å². The van der Waals surface area contributed by atoms with Crippen molar-refractivity contribution in [2.75, 3.05) is 14.1 Å². The van der Waals surface area contributed by atoms with Gasteiger partial charge >= 0.3 is 13.6 Å². The highest BCUT2D eigenvalue weighted by Crippen LogP contribution is 2.59. The number of carbonyl (C=O) groups is 2. The van der Waals surface area contributed by atoms with E-state index in [2.05, 4.69) is 4.99 Å². The summed E-state index contributed by atoms with van der Waals surface area (Å²) >= 11 is 0. The fraction of sp³-hybridized carbons (Fsp3) is 0.842. The average molecular weight is 481 g/mol. The summed E-state index contributed by atoms with van der Waals surface area (Å²) in [6.45, 7) is 7.24. The lowest BCUT2D eigenvalue weighted by molar-refractivity contribution is -0.125. The van der Waals surface area contributed by atoms with Crippen molar-refractivity contribution >= 4 is 25.9 Å². The van der Waals surface area contributed by atoms with E-state index < -0.39 is 55.0 Å². The lowest BCUT2D eigenvalue weighted by Crippen LogP contribution is -2.41. The summed E-state index contributed by atoms with van der Waals surface area (Å²) in [5, 5.41) is 29.0. The molecule has 0 saturated carbocycles. The molecule has 1 saturated heterocycles. The van der Waals surface area contributed by atoms with Crippen LogP contribution in [-0.4, -0.2) is 97.9 Å². The molecule has 0 aromatic carbocycles. The molecule has 7 atom stereocenters. The molecule has 1 aliphatic heterocycles. The third-order valence-electron chi connectivity index (χ3n) is 5.79. The molecule has 0 aromatic rings. The summed E-state index contributed by atoms with van der Waals surface area (Å²) in [4.78, 5) is 39.5. The second kappa shape index (κ2) is 10.7. The molecule has 0 radical (unpaired) electrons. The van der Waals surface area contributed by atoms with Crippen molar-refractivity contribution in [3.63, 3.8) is 0 Å². The zero-order valence-electron chi connectivity index (χ0n) is 19.6. The van der Waals surface area contributed by atoms with E-state index >= 15 is 0 Å². The highest BCUT2D eigenvalue weighted by Gasteiger charge is 2.50. The first kappa shape index (κ1) is 28.6. The van der Waals surface area contributed by atoms with Gasteiger partial charge in [-0.1, -0.05) is 13.8 Å². The molecule has 3 unspecified atom stereocenters. The monoisotopic (exact) mass is 481 g/mol. The van der Waals surface area contributed by atoms with Crippen molar-refractivity contribution in [1.82, 2.24) is 9.80 Å². The zero-order chi connectivity index (χ0) is 25.1. The number of rotatable bonds is 9. The molecular formula is C19H36N3O9P. The first-order valence-corrected chi connectivity index (χ1v) is 11.9. The van der Waals surface area contributed by atoms with Crippen LogP contribution < -0.4 is 0 Å². The van der Waals surface area contributed by atoms with Crippen LogP contribution in [0, 0.1) is 0 Å². The predicted molar refractivity (Wildman–Crippen MR) is 116 cm³/mol. The minimum atomic E-state index is -4.45. The number of amides is 3. The smallest absolute Gasteiger partial charge is 0.359 e. The van der Waals surface area contributed by atoms with Gasteiger partial charge in [-0.2, -0.15) is 0 Å². The van der Waals surface area contributed by atoms with Crippen molar-refractivity contribution < 1.29 is 43.6 Å². The largest absolute Gasteiger partial charge is 0.388 e. The summed E-state index contributed by atoms with van der Waals surface area (Å²) in [5.41, 5.74) is -1.26. The van der Waals surface area contributed by atoms with Crippen LogP contribution in [0.15, 0.2) is 4.99 Å². The Labute approximate surface area is 188 Å². The Hall–Kier alpha value is -1.40. The average Bonchev–Trinajstić information content (AvgIpc) is 2.97. The van der Waals surface area contributed by atoms with Gasteiger partial charge < -0.3 is 29.5 Å². The molecule has 0 aromatic heterocycles. The molecule has 0 bridgehead atoms. The van der Waals surface area contributed by atoms with Crippen LogP contribution in [0.2, 0.25) is 0 Å². The summed E-state index contributed by atoms with van der Waals surface area (Å²) in [5.74, 6) is -0.468. The number of carbonyl (C=O) groups excluding carboxylic acids is 2. The first-order chi connectivity index (χ1) is 14.5. The maximum atomic E-state index is 12.6. The lowest BCUT2D eigenvalue weighted by atomic mass is 9.93. The van der Waals surface area contributed by atoms with Gasteiger partial charge in [-0.3, -0.25) is 19.2 Å². The fourth-order valence-electron chi connectivity index (χ4n) is 2.88. The minimum Gasteiger partial charge on any atom is -0.388 e. The molecule has 1 fully saturated rings. The maximum absolute atomic E-state index is 12.6. The van der Waals surface area contributed by atoms with Gasteiger partial charge in [0.25, 0.3) is 0 Å². The van der Waals surface area contributed by atoms with Gasteiger partial charge in [-0.15, -0.1) is 0 Å². The molecular weight excluding hydrogens is 445 g/mol. The Bertz CT molecular complexity index is 762. The molecule has 12 nitrogen and oxygen atoms in total. The molecule has 4 N–H and O–H groups in total. The van der Waals surface area contributed by atoms with Crippen molar-refractivity contribution in [1.29, 1.82) is 0 Å². The quantitative estimate of drug-likeness (QED) is 0.212. The van der Waals surface area contributed by atoms with Gasteiger partial charge in [0.1, 0.15) is 12.2 Å². The van der Waals surface area contributed by atoms with E-state index in [0.717, 1.165) is 16.1 Å². The standard InChI is InChI=1S/C19H36N3O9P/c1-8-18(4,31-32(28,29)19(5,27)9-2)10-13-14(24)15(25)16(30-13)20-11-21(6)17(26)22(7)12(3)23/h11,13-16,24-25,27H,8-10H2,1-7H3,(H,28,29)/t13-,14-,15-,16-,18?,19?/m1/s1. The second-order valence-corrected chi connectivity index (χ2v) is 10.7. The van der Waals surface area contributed by atoms with E-state index in [4.69, 9.17) is 9.26 Å². The Balaban J connectivity index is 2.92. The van der Waals surface area contributed by atoms with Gasteiger partial charge in [0.05, 0.1) is 18.0 Å². The predicted octanol–water partition coefficient (Wildman–Crippen LogP) is 0.871.